The summed E-state index contributed by atoms with van der Waals surface area (Å²) >= 11 is 0. The van der Waals surface area contributed by atoms with Crippen LogP contribution in [-0.4, -0.2) is 25.2 Å². The number of halogens is 1. The minimum Gasteiger partial charge on any atom is -0.497 e. The molecular weight excluding hydrogens is 471 g/mol. The summed E-state index contributed by atoms with van der Waals surface area (Å²) in [6.07, 6.45) is 1.68. The third-order valence-corrected chi connectivity index (χ3v) is 3.94. The summed E-state index contributed by atoms with van der Waals surface area (Å²) in [6, 6.07) is 13.4. The first-order valence-electron chi connectivity index (χ1n) is 8.39. The smallest absolute Gasteiger partial charge is 0.216 e. The van der Waals surface area contributed by atoms with Gasteiger partial charge in [0.25, 0.3) is 0 Å². The van der Waals surface area contributed by atoms with Gasteiger partial charge in [-0.25, -0.2) is 9.98 Å². The molecule has 2 aromatic carbocycles. The van der Waals surface area contributed by atoms with Crippen LogP contribution in [0.4, 0.5) is 5.69 Å². The number of oxazole rings is 1. The molecule has 8 heteroatoms. The zero-order chi connectivity index (χ0) is 19.2. The molecule has 0 radical (unpaired) electrons. The van der Waals surface area contributed by atoms with Crippen molar-refractivity contribution in [2.75, 3.05) is 19.5 Å². The van der Waals surface area contributed by atoms with Gasteiger partial charge in [-0.05, 0) is 19.1 Å². The van der Waals surface area contributed by atoms with E-state index in [0.29, 0.717) is 28.8 Å². The Bertz CT molecular complexity index is 939. The molecule has 0 aliphatic rings. The van der Waals surface area contributed by atoms with Gasteiger partial charge >= 0.3 is 0 Å². The van der Waals surface area contributed by atoms with Crippen LogP contribution < -0.4 is 20.5 Å². The second kappa shape index (κ2) is 9.98. The number of aliphatic imine (C=N–C) groups is 1. The Kier molecular flexibility index (Phi) is 7.68. The Morgan fingerprint density at radius 1 is 1.14 bits per heavy atom. The van der Waals surface area contributed by atoms with Crippen molar-refractivity contribution in [1.82, 2.24) is 4.98 Å². The highest BCUT2D eigenvalue weighted by molar-refractivity contribution is 14.0. The first-order valence-corrected chi connectivity index (χ1v) is 8.39. The molecule has 28 heavy (non-hydrogen) atoms. The molecule has 3 N–H and O–H groups in total. The predicted octanol–water partition coefficient (Wildman–Crippen LogP) is 4.21. The Morgan fingerprint density at radius 2 is 1.89 bits per heavy atom. The number of benzene rings is 2. The van der Waals surface area contributed by atoms with Crippen molar-refractivity contribution in [3.63, 3.8) is 0 Å². The van der Waals surface area contributed by atoms with Crippen molar-refractivity contribution >= 4 is 35.6 Å². The van der Waals surface area contributed by atoms with Crippen LogP contribution in [0.2, 0.25) is 0 Å². The maximum absolute atomic E-state index is 5.98. The average Bonchev–Trinajstić information content (AvgIpc) is 3.16. The normalized spacial score (nSPS) is 10.9. The molecule has 3 aromatic rings. The van der Waals surface area contributed by atoms with E-state index in [1.54, 1.807) is 38.6 Å². The molecule has 0 amide bonds. The number of ether oxygens (including phenoxy) is 2. The molecule has 0 spiro atoms. The lowest BCUT2D eigenvalue weighted by molar-refractivity contribution is 0.405. The summed E-state index contributed by atoms with van der Waals surface area (Å²) in [5, 5.41) is 3.00. The van der Waals surface area contributed by atoms with Crippen LogP contribution in [-0.2, 0) is 6.54 Å². The van der Waals surface area contributed by atoms with E-state index in [0.717, 1.165) is 5.56 Å². The number of aromatic nitrogens is 1. The number of methoxy groups -OCH3 is 2. The molecule has 0 unspecified atom stereocenters. The highest BCUT2D eigenvalue weighted by atomic mass is 127. The molecule has 1 heterocycles. The van der Waals surface area contributed by atoms with Gasteiger partial charge in [0.05, 0.1) is 26.1 Å². The number of aryl methyl sites for hydroxylation is 1. The minimum atomic E-state index is 0. The summed E-state index contributed by atoms with van der Waals surface area (Å²) in [7, 11) is 3.18. The lowest BCUT2D eigenvalue weighted by Gasteiger charge is -2.11. The van der Waals surface area contributed by atoms with E-state index in [2.05, 4.69) is 15.3 Å². The lowest BCUT2D eigenvalue weighted by atomic mass is 10.1. The van der Waals surface area contributed by atoms with Crippen LogP contribution in [0.3, 0.4) is 0 Å². The topological polar surface area (TPSA) is 94.9 Å². The van der Waals surface area contributed by atoms with Crippen LogP contribution in [0.1, 0.15) is 11.5 Å². The van der Waals surface area contributed by atoms with E-state index >= 15 is 0 Å². The van der Waals surface area contributed by atoms with Crippen molar-refractivity contribution in [1.29, 1.82) is 0 Å². The Labute approximate surface area is 181 Å². The lowest BCUT2D eigenvalue weighted by Crippen LogP contribution is -2.23. The Balaban J connectivity index is 0.00000280. The van der Waals surface area contributed by atoms with Gasteiger partial charge in [-0.15, -0.1) is 24.0 Å². The average molecular weight is 494 g/mol. The number of hydrogen-bond donors (Lipinski definition) is 2. The zero-order valence-electron chi connectivity index (χ0n) is 15.9. The number of anilines is 1. The molecule has 0 atom stereocenters. The molecular formula is C20H23IN4O3. The number of guanidine groups is 1. The van der Waals surface area contributed by atoms with E-state index in [1.165, 1.54) is 5.56 Å². The maximum atomic E-state index is 5.98. The van der Waals surface area contributed by atoms with Crippen molar-refractivity contribution < 1.29 is 13.9 Å². The fourth-order valence-corrected chi connectivity index (χ4v) is 2.48. The molecule has 0 saturated heterocycles. The van der Waals surface area contributed by atoms with Gasteiger partial charge in [0, 0.05) is 11.6 Å². The molecule has 0 aliphatic heterocycles. The zero-order valence-corrected chi connectivity index (χ0v) is 18.3. The largest absolute Gasteiger partial charge is 0.497 e. The van der Waals surface area contributed by atoms with E-state index < -0.39 is 0 Å². The van der Waals surface area contributed by atoms with Crippen LogP contribution in [0.25, 0.3) is 11.3 Å². The maximum Gasteiger partial charge on any atom is 0.216 e. The third-order valence-electron chi connectivity index (χ3n) is 3.94. The number of nitrogens with one attached hydrogen (secondary N) is 1. The molecule has 0 saturated carbocycles. The molecule has 1 aromatic heterocycles. The van der Waals surface area contributed by atoms with Gasteiger partial charge in [0.2, 0.25) is 5.89 Å². The van der Waals surface area contributed by atoms with Gasteiger partial charge in [-0.2, -0.15) is 0 Å². The second-order valence-electron chi connectivity index (χ2n) is 5.88. The van der Waals surface area contributed by atoms with Gasteiger partial charge < -0.3 is 24.9 Å². The first-order chi connectivity index (χ1) is 13.1. The molecule has 0 fully saturated rings. The van der Waals surface area contributed by atoms with Gasteiger partial charge in [0.15, 0.2) is 11.7 Å². The summed E-state index contributed by atoms with van der Waals surface area (Å²) in [6.45, 7) is 2.26. The molecule has 0 aliphatic carbocycles. The molecule has 148 valence electrons. The van der Waals surface area contributed by atoms with Gasteiger partial charge in [0.1, 0.15) is 18.0 Å². The van der Waals surface area contributed by atoms with Crippen LogP contribution >= 0.6 is 24.0 Å². The Morgan fingerprint density at radius 3 is 2.57 bits per heavy atom. The molecule has 7 nitrogen and oxygen atoms in total. The second-order valence-corrected chi connectivity index (χ2v) is 5.88. The van der Waals surface area contributed by atoms with Crippen molar-refractivity contribution in [3.05, 3.63) is 60.1 Å². The molecule has 0 bridgehead atoms. The van der Waals surface area contributed by atoms with E-state index in [9.17, 15) is 0 Å². The quantitative estimate of drug-likeness (QED) is 0.303. The summed E-state index contributed by atoms with van der Waals surface area (Å²) in [5.74, 6) is 2.71. The van der Waals surface area contributed by atoms with Crippen LogP contribution in [0, 0.1) is 6.92 Å². The van der Waals surface area contributed by atoms with Gasteiger partial charge in [-0.3, -0.25) is 0 Å². The standard InChI is InChI=1S/C20H22N4O3.HI/c1-13-4-6-14(7-5-13)18-11-22-19(27-18)12-23-20(21)24-16-10-15(25-2)8-9-17(16)26-3;/h4-11H,12H2,1-3H3,(H3,21,23,24);1H. The molecule has 3 rings (SSSR count). The fourth-order valence-electron chi connectivity index (χ4n) is 2.48. The van der Waals surface area contributed by atoms with Crippen LogP contribution in [0.15, 0.2) is 58.1 Å². The number of hydrogen-bond acceptors (Lipinski definition) is 5. The van der Waals surface area contributed by atoms with Crippen molar-refractivity contribution in [3.8, 4) is 22.8 Å². The highest BCUT2D eigenvalue weighted by Crippen LogP contribution is 2.28. The summed E-state index contributed by atoms with van der Waals surface area (Å²) in [5.41, 5.74) is 8.79. The fraction of sp³-hybridized carbons (Fsp3) is 0.200. The number of nitrogens with zero attached hydrogens (tertiary/aromatic N) is 2. The SMILES string of the molecule is COc1ccc(OC)c(NC(N)=NCc2ncc(-c3ccc(C)cc3)o2)c1.I. The third kappa shape index (κ3) is 5.38. The van der Waals surface area contributed by atoms with E-state index in [-0.39, 0.29) is 36.5 Å². The van der Waals surface area contributed by atoms with E-state index in [4.69, 9.17) is 19.6 Å². The summed E-state index contributed by atoms with van der Waals surface area (Å²) in [4.78, 5) is 8.53. The van der Waals surface area contributed by atoms with Crippen LogP contribution in [0.5, 0.6) is 11.5 Å². The Hall–Kier alpha value is -2.75. The number of nitrogens with two attached hydrogens (primary N) is 1. The van der Waals surface area contributed by atoms with E-state index in [1.807, 2.05) is 31.2 Å². The monoisotopic (exact) mass is 494 g/mol. The highest BCUT2D eigenvalue weighted by Gasteiger charge is 2.08. The number of rotatable bonds is 6. The predicted molar refractivity (Wildman–Crippen MR) is 121 cm³/mol. The van der Waals surface area contributed by atoms with Crippen molar-refractivity contribution in [2.45, 2.75) is 13.5 Å². The first kappa shape index (κ1) is 21.5. The van der Waals surface area contributed by atoms with Gasteiger partial charge in [-0.1, -0.05) is 29.8 Å². The minimum absolute atomic E-state index is 0. The summed E-state index contributed by atoms with van der Waals surface area (Å²) < 4.78 is 16.3. The van der Waals surface area contributed by atoms with Crippen molar-refractivity contribution in [2.24, 2.45) is 10.7 Å².